The summed E-state index contributed by atoms with van der Waals surface area (Å²) in [5, 5.41) is 3.13. The number of piperidine rings is 1. The van der Waals surface area contributed by atoms with E-state index >= 15 is 0 Å². The van der Waals surface area contributed by atoms with Crippen LogP contribution in [0.2, 0.25) is 0 Å². The summed E-state index contributed by atoms with van der Waals surface area (Å²) in [6.07, 6.45) is 6.09. The Morgan fingerprint density at radius 2 is 1.35 bits per heavy atom. The summed E-state index contributed by atoms with van der Waals surface area (Å²) in [4.78, 5) is 64.7. The van der Waals surface area contributed by atoms with Crippen LogP contribution in [0.5, 0.6) is 0 Å². The molecule has 0 radical (unpaired) electrons. The number of unbranched alkanes of at least 4 members (excludes halogenated alkanes) is 3. The Balaban J connectivity index is 2.07. The van der Waals surface area contributed by atoms with Crippen LogP contribution in [0.4, 0.5) is 4.79 Å². The van der Waals surface area contributed by atoms with Crippen molar-refractivity contribution >= 4 is 29.9 Å². The maximum atomic E-state index is 13.1. The van der Waals surface area contributed by atoms with Crippen molar-refractivity contribution in [1.82, 2.24) is 15.1 Å². The van der Waals surface area contributed by atoms with Gasteiger partial charge in [-0.2, -0.15) is 0 Å². The number of amides is 2. The first-order valence-electron chi connectivity index (χ1n) is 15.7. The van der Waals surface area contributed by atoms with E-state index in [2.05, 4.69) is 5.32 Å². The molecule has 0 unspecified atom stereocenters. The predicted molar refractivity (Wildman–Crippen MR) is 159 cm³/mol. The summed E-state index contributed by atoms with van der Waals surface area (Å²) in [5.74, 6) is -2.26. The van der Waals surface area contributed by atoms with E-state index in [-0.39, 0.29) is 30.8 Å². The largest absolute Gasteiger partial charge is 0.464 e. The highest BCUT2D eigenvalue weighted by atomic mass is 16.6. The van der Waals surface area contributed by atoms with Crippen LogP contribution in [0, 0.1) is 0 Å². The first-order chi connectivity index (χ1) is 20.2. The van der Waals surface area contributed by atoms with E-state index in [4.69, 9.17) is 18.9 Å². The Morgan fingerprint density at radius 3 is 1.91 bits per heavy atom. The van der Waals surface area contributed by atoms with Crippen LogP contribution in [-0.4, -0.2) is 102 Å². The zero-order chi connectivity index (χ0) is 32.2. The first kappa shape index (κ1) is 36.3. The molecule has 0 bridgehead atoms. The minimum absolute atomic E-state index is 0.00334. The third kappa shape index (κ3) is 13.1. The summed E-state index contributed by atoms with van der Waals surface area (Å²) < 4.78 is 21.9. The molecule has 2 aliphatic rings. The molecule has 12 heteroatoms. The maximum Gasteiger partial charge on any atom is 0.318 e. The quantitative estimate of drug-likeness (QED) is 0.186. The molecular weight excluding hydrogens is 558 g/mol. The SMILES string of the molecule is CC(=O)OC[C@@H]1[C@@H](OC(C)=O)[C@H](OC(C)=O)[C@@H](OC(C)=O)CN1CCCCCCN(C(=O)NC(C)(C)C)C1CCCCC1. The number of nitrogens with zero attached hydrogens (tertiary/aromatic N) is 2. The molecule has 1 N–H and O–H groups in total. The average molecular weight is 612 g/mol. The van der Waals surface area contributed by atoms with E-state index in [0.29, 0.717) is 13.1 Å². The summed E-state index contributed by atoms with van der Waals surface area (Å²) in [6.45, 7) is 12.4. The minimum Gasteiger partial charge on any atom is -0.464 e. The van der Waals surface area contributed by atoms with Crippen LogP contribution >= 0.6 is 0 Å². The van der Waals surface area contributed by atoms with Crippen molar-refractivity contribution in [2.24, 2.45) is 0 Å². The fraction of sp³-hybridized carbons (Fsp3) is 0.839. The third-order valence-corrected chi connectivity index (χ3v) is 7.68. The van der Waals surface area contributed by atoms with E-state index in [0.717, 1.165) is 51.4 Å². The van der Waals surface area contributed by atoms with Gasteiger partial charge in [0.2, 0.25) is 0 Å². The highest BCUT2D eigenvalue weighted by Gasteiger charge is 2.49. The number of rotatable bonds is 13. The molecule has 0 aromatic rings. The molecule has 1 saturated heterocycles. The number of ether oxygens (including phenoxy) is 4. The molecule has 2 rings (SSSR count). The number of hydrogen-bond acceptors (Lipinski definition) is 10. The average Bonchev–Trinajstić information content (AvgIpc) is 2.88. The fourth-order valence-electron chi connectivity index (χ4n) is 5.94. The van der Waals surface area contributed by atoms with Gasteiger partial charge in [0.25, 0.3) is 0 Å². The smallest absolute Gasteiger partial charge is 0.318 e. The number of nitrogens with one attached hydrogen (secondary N) is 1. The lowest BCUT2D eigenvalue weighted by Gasteiger charge is -2.46. The van der Waals surface area contributed by atoms with E-state index in [1.807, 2.05) is 30.6 Å². The Labute approximate surface area is 256 Å². The molecule has 1 heterocycles. The zero-order valence-electron chi connectivity index (χ0n) is 27.1. The van der Waals surface area contributed by atoms with Crippen molar-refractivity contribution in [3.8, 4) is 0 Å². The summed E-state index contributed by atoms with van der Waals surface area (Å²) >= 11 is 0. The van der Waals surface area contributed by atoms with Gasteiger partial charge in [-0.1, -0.05) is 32.1 Å². The van der Waals surface area contributed by atoms with Crippen LogP contribution in [-0.2, 0) is 38.1 Å². The Bertz CT molecular complexity index is 945. The van der Waals surface area contributed by atoms with Crippen molar-refractivity contribution < 1.29 is 42.9 Å². The second kappa shape index (κ2) is 17.4. The Morgan fingerprint density at radius 1 is 0.767 bits per heavy atom. The van der Waals surface area contributed by atoms with E-state index in [9.17, 15) is 24.0 Å². The van der Waals surface area contributed by atoms with Gasteiger partial charge < -0.3 is 29.2 Å². The third-order valence-electron chi connectivity index (χ3n) is 7.68. The van der Waals surface area contributed by atoms with Gasteiger partial charge in [-0.15, -0.1) is 0 Å². The molecule has 0 aromatic carbocycles. The summed E-state index contributed by atoms with van der Waals surface area (Å²) in [7, 11) is 0. The lowest BCUT2D eigenvalue weighted by atomic mass is 9.92. The number of likely N-dealkylation sites (tertiary alicyclic amines) is 1. The van der Waals surface area contributed by atoms with Crippen molar-refractivity contribution in [1.29, 1.82) is 0 Å². The van der Waals surface area contributed by atoms with Gasteiger partial charge >= 0.3 is 29.9 Å². The molecule has 0 spiro atoms. The molecule has 246 valence electrons. The Kier molecular flexibility index (Phi) is 14.7. The molecule has 43 heavy (non-hydrogen) atoms. The normalized spacial score (nSPS) is 23.1. The summed E-state index contributed by atoms with van der Waals surface area (Å²) in [6, 6.07) is -0.337. The maximum absolute atomic E-state index is 13.1. The zero-order valence-corrected chi connectivity index (χ0v) is 27.1. The molecule has 0 aromatic heterocycles. The van der Waals surface area contributed by atoms with Gasteiger partial charge in [-0.25, -0.2) is 4.79 Å². The van der Waals surface area contributed by atoms with Crippen LogP contribution in [0.15, 0.2) is 0 Å². The second-order valence-electron chi connectivity index (χ2n) is 12.7. The highest BCUT2D eigenvalue weighted by molar-refractivity contribution is 5.75. The van der Waals surface area contributed by atoms with E-state index in [1.165, 1.54) is 34.1 Å². The van der Waals surface area contributed by atoms with Gasteiger partial charge in [-0.05, 0) is 53.0 Å². The molecule has 4 atom stereocenters. The molecule has 1 saturated carbocycles. The second-order valence-corrected chi connectivity index (χ2v) is 12.7. The van der Waals surface area contributed by atoms with Gasteiger partial charge in [0, 0.05) is 52.4 Å². The fourth-order valence-corrected chi connectivity index (χ4v) is 5.94. The predicted octanol–water partition coefficient (Wildman–Crippen LogP) is 3.73. The first-order valence-corrected chi connectivity index (χ1v) is 15.7. The van der Waals surface area contributed by atoms with Crippen molar-refractivity contribution in [2.45, 2.75) is 142 Å². The summed E-state index contributed by atoms with van der Waals surface area (Å²) in [5.41, 5.74) is -0.302. The van der Waals surface area contributed by atoms with Gasteiger partial charge in [-0.3, -0.25) is 24.1 Å². The van der Waals surface area contributed by atoms with Crippen LogP contribution < -0.4 is 5.32 Å². The topological polar surface area (TPSA) is 141 Å². The van der Waals surface area contributed by atoms with Crippen molar-refractivity contribution in [2.75, 3.05) is 26.2 Å². The number of carbonyl (C=O) groups excluding carboxylic acids is 5. The van der Waals surface area contributed by atoms with Crippen molar-refractivity contribution in [3.63, 3.8) is 0 Å². The van der Waals surface area contributed by atoms with Gasteiger partial charge in [0.05, 0.1) is 6.04 Å². The number of esters is 4. The number of urea groups is 1. The monoisotopic (exact) mass is 611 g/mol. The lowest BCUT2D eigenvalue weighted by Crippen LogP contribution is -2.65. The van der Waals surface area contributed by atoms with E-state index < -0.39 is 48.2 Å². The number of hydrogen-bond donors (Lipinski definition) is 1. The molecule has 12 nitrogen and oxygen atoms in total. The Hall–Kier alpha value is -2.89. The van der Waals surface area contributed by atoms with Gasteiger partial charge in [0.15, 0.2) is 18.3 Å². The lowest BCUT2D eigenvalue weighted by molar-refractivity contribution is -0.207. The van der Waals surface area contributed by atoms with Gasteiger partial charge in [0.1, 0.15) is 6.61 Å². The van der Waals surface area contributed by atoms with Crippen LogP contribution in [0.1, 0.15) is 106 Å². The molecule has 1 aliphatic heterocycles. The van der Waals surface area contributed by atoms with Crippen LogP contribution in [0.3, 0.4) is 0 Å². The molecule has 2 amide bonds. The molecule has 2 fully saturated rings. The van der Waals surface area contributed by atoms with Crippen molar-refractivity contribution in [3.05, 3.63) is 0 Å². The molecule has 1 aliphatic carbocycles. The van der Waals surface area contributed by atoms with Crippen LogP contribution in [0.25, 0.3) is 0 Å². The highest BCUT2D eigenvalue weighted by Crippen LogP contribution is 2.28. The standard InChI is InChI=1S/C31H53N3O9/c1-21(35)40-20-26-28(42-23(3)37)29(43-24(4)38)27(41-22(2)36)19-33(26)17-13-8-9-14-18-34(25-15-11-10-12-16-25)30(39)32-31(5,6)7/h25-29H,8-20H2,1-7H3,(H,32,39)/t26-,27+,28-,29-/m1/s1. The number of carbonyl (C=O) groups is 5. The molecular formula is C31H53N3O9. The minimum atomic E-state index is -1.05. The van der Waals surface area contributed by atoms with E-state index in [1.54, 1.807) is 0 Å².